The van der Waals surface area contributed by atoms with E-state index in [0.717, 1.165) is 43.5 Å². The van der Waals surface area contributed by atoms with Crippen molar-refractivity contribution < 1.29 is 18.8 Å². The van der Waals surface area contributed by atoms with Gasteiger partial charge in [-0.2, -0.15) is 5.10 Å². The van der Waals surface area contributed by atoms with E-state index in [4.69, 9.17) is 9.26 Å². The number of carbonyl (C=O) groups is 2. The van der Waals surface area contributed by atoms with Gasteiger partial charge in [0.2, 0.25) is 5.91 Å². The zero-order valence-electron chi connectivity index (χ0n) is 17.8. The normalized spacial score (nSPS) is 24.4. The Morgan fingerprint density at radius 1 is 1.29 bits per heavy atom. The summed E-state index contributed by atoms with van der Waals surface area (Å²) in [5.74, 6) is 1.02. The molecule has 2 aromatic heterocycles. The zero-order valence-corrected chi connectivity index (χ0v) is 17.8. The summed E-state index contributed by atoms with van der Waals surface area (Å²) in [6.07, 6.45) is 8.42. The fraction of sp³-hybridized carbons (Fsp3) is 0.636. The number of hydrogen-bond acceptors (Lipinski definition) is 6. The molecule has 2 amide bonds. The van der Waals surface area contributed by atoms with Crippen molar-refractivity contribution >= 4 is 17.8 Å². The number of nitrogens with one attached hydrogen (secondary N) is 3. The van der Waals surface area contributed by atoms with E-state index < -0.39 is 0 Å². The standard InChI is InChI=1S/C22H29N5O4/c1-13-7-17(31-27-13)9-20(28)24-19-10-18(25-26-19)14-3-4-16(8-14)30-21(29)23-15-11-22(12-15)5-2-6-22/h7,10,14-16H,2-6,8-9,11-12H2,1H3,(H,23,29)(H2,24,25,26,28). The molecule has 2 unspecified atom stereocenters. The van der Waals surface area contributed by atoms with E-state index in [1.807, 2.05) is 13.0 Å². The van der Waals surface area contributed by atoms with Gasteiger partial charge in [0.05, 0.1) is 12.1 Å². The fourth-order valence-corrected chi connectivity index (χ4v) is 5.31. The van der Waals surface area contributed by atoms with Gasteiger partial charge in [0, 0.05) is 29.8 Å². The van der Waals surface area contributed by atoms with E-state index in [1.54, 1.807) is 6.07 Å². The number of hydrogen-bond donors (Lipinski definition) is 3. The lowest BCUT2D eigenvalue weighted by Crippen LogP contribution is -2.54. The number of nitrogens with zero attached hydrogens (tertiary/aromatic N) is 2. The van der Waals surface area contributed by atoms with Crippen molar-refractivity contribution in [2.45, 2.75) is 82.8 Å². The number of H-pyrrole nitrogens is 1. The van der Waals surface area contributed by atoms with Gasteiger partial charge in [-0.25, -0.2) is 4.79 Å². The van der Waals surface area contributed by atoms with Crippen LogP contribution in [0.15, 0.2) is 16.7 Å². The number of carbonyl (C=O) groups excluding carboxylic acids is 2. The van der Waals surface area contributed by atoms with E-state index in [-0.39, 0.29) is 36.5 Å². The van der Waals surface area contributed by atoms with Crippen molar-refractivity contribution in [1.82, 2.24) is 20.7 Å². The molecule has 0 aliphatic heterocycles. The lowest BCUT2D eigenvalue weighted by molar-refractivity contribution is -0.115. The number of aromatic nitrogens is 3. The molecule has 5 rings (SSSR count). The zero-order chi connectivity index (χ0) is 21.4. The molecule has 9 nitrogen and oxygen atoms in total. The van der Waals surface area contributed by atoms with Gasteiger partial charge in [0.25, 0.3) is 0 Å². The summed E-state index contributed by atoms with van der Waals surface area (Å²) in [6, 6.07) is 3.87. The van der Waals surface area contributed by atoms with Gasteiger partial charge in [-0.05, 0) is 57.3 Å². The number of rotatable bonds is 6. The lowest BCUT2D eigenvalue weighted by Gasteiger charge is -2.54. The molecular formula is C22H29N5O4. The summed E-state index contributed by atoms with van der Waals surface area (Å²) in [7, 11) is 0. The molecule has 31 heavy (non-hydrogen) atoms. The van der Waals surface area contributed by atoms with Crippen LogP contribution in [0.4, 0.5) is 10.6 Å². The Labute approximate surface area is 180 Å². The Morgan fingerprint density at radius 3 is 2.84 bits per heavy atom. The molecule has 3 fully saturated rings. The van der Waals surface area contributed by atoms with E-state index in [2.05, 4.69) is 26.0 Å². The van der Waals surface area contributed by atoms with Gasteiger partial charge in [-0.3, -0.25) is 9.89 Å². The number of alkyl carbamates (subject to hydrolysis) is 1. The highest BCUT2D eigenvalue weighted by Crippen LogP contribution is 2.55. The van der Waals surface area contributed by atoms with E-state index >= 15 is 0 Å². The number of aromatic amines is 1. The molecule has 3 saturated carbocycles. The smallest absolute Gasteiger partial charge is 0.407 e. The number of anilines is 1. The summed E-state index contributed by atoms with van der Waals surface area (Å²) in [4.78, 5) is 24.4. The topological polar surface area (TPSA) is 122 Å². The molecule has 0 aromatic carbocycles. The Balaban J connectivity index is 1.06. The molecular weight excluding hydrogens is 398 g/mol. The predicted octanol–water partition coefficient (Wildman–Crippen LogP) is 3.58. The number of aryl methyl sites for hydroxylation is 1. The predicted molar refractivity (Wildman–Crippen MR) is 111 cm³/mol. The Hall–Kier alpha value is -2.84. The summed E-state index contributed by atoms with van der Waals surface area (Å²) in [5, 5.41) is 16.8. The van der Waals surface area contributed by atoms with Crippen LogP contribution in [0.1, 0.15) is 74.4 Å². The van der Waals surface area contributed by atoms with Crippen LogP contribution in [0.2, 0.25) is 0 Å². The molecule has 2 aromatic rings. The van der Waals surface area contributed by atoms with Crippen molar-refractivity contribution in [2.75, 3.05) is 5.32 Å². The lowest BCUT2D eigenvalue weighted by atomic mass is 9.54. The summed E-state index contributed by atoms with van der Waals surface area (Å²) < 4.78 is 10.7. The van der Waals surface area contributed by atoms with Crippen molar-refractivity contribution in [3.05, 3.63) is 29.3 Å². The van der Waals surface area contributed by atoms with Crippen molar-refractivity contribution in [2.24, 2.45) is 5.41 Å². The molecule has 0 bridgehead atoms. The molecule has 166 valence electrons. The van der Waals surface area contributed by atoms with Crippen LogP contribution < -0.4 is 10.6 Å². The third-order valence-electron chi connectivity index (χ3n) is 7.07. The first-order chi connectivity index (χ1) is 15.0. The van der Waals surface area contributed by atoms with Gasteiger partial charge in [0.15, 0.2) is 5.82 Å². The molecule has 0 radical (unpaired) electrons. The Morgan fingerprint density at radius 2 is 2.13 bits per heavy atom. The highest BCUT2D eigenvalue weighted by atomic mass is 16.6. The van der Waals surface area contributed by atoms with Crippen LogP contribution in [0, 0.1) is 12.3 Å². The monoisotopic (exact) mass is 427 g/mol. The molecule has 3 aliphatic rings. The van der Waals surface area contributed by atoms with Crippen LogP contribution in [-0.4, -0.2) is 39.5 Å². The molecule has 3 N–H and O–H groups in total. The molecule has 0 saturated heterocycles. The molecule has 3 aliphatic carbocycles. The molecule has 2 atom stereocenters. The van der Waals surface area contributed by atoms with E-state index in [0.29, 0.717) is 17.0 Å². The summed E-state index contributed by atoms with van der Waals surface area (Å²) >= 11 is 0. The van der Waals surface area contributed by atoms with Crippen LogP contribution in [-0.2, 0) is 16.0 Å². The van der Waals surface area contributed by atoms with Crippen molar-refractivity contribution in [3.63, 3.8) is 0 Å². The first kappa shape index (κ1) is 20.1. The summed E-state index contributed by atoms with van der Waals surface area (Å²) in [6.45, 7) is 1.81. The maximum atomic E-state index is 12.2. The first-order valence-electron chi connectivity index (χ1n) is 11.2. The Kier molecular flexibility index (Phi) is 5.19. The molecule has 9 heteroatoms. The minimum atomic E-state index is -0.287. The van der Waals surface area contributed by atoms with Crippen LogP contribution >= 0.6 is 0 Å². The maximum absolute atomic E-state index is 12.2. The quantitative estimate of drug-likeness (QED) is 0.648. The molecule has 1 spiro atoms. The van der Waals surface area contributed by atoms with Crippen LogP contribution in [0.5, 0.6) is 0 Å². The Bertz CT molecular complexity index is 955. The first-order valence-corrected chi connectivity index (χ1v) is 11.2. The minimum Gasteiger partial charge on any atom is -0.446 e. The third kappa shape index (κ3) is 4.45. The summed E-state index contributed by atoms with van der Waals surface area (Å²) in [5.41, 5.74) is 2.23. The van der Waals surface area contributed by atoms with Crippen molar-refractivity contribution in [1.29, 1.82) is 0 Å². The average Bonchev–Trinajstić information content (AvgIpc) is 3.38. The second-order valence-electron chi connectivity index (χ2n) is 9.51. The van der Waals surface area contributed by atoms with E-state index in [9.17, 15) is 9.59 Å². The maximum Gasteiger partial charge on any atom is 0.407 e. The fourth-order valence-electron chi connectivity index (χ4n) is 5.31. The van der Waals surface area contributed by atoms with Crippen LogP contribution in [0.3, 0.4) is 0 Å². The van der Waals surface area contributed by atoms with Gasteiger partial charge >= 0.3 is 6.09 Å². The second kappa shape index (κ2) is 8.01. The van der Waals surface area contributed by atoms with Crippen molar-refractivity contribution in [3.8, 4) is 0 Å². The van der Waals surface area contributed by atoms with Gasteiger partial charge < -0.3 is 19.9 Å². The number of ether oxygens (including phenoxy) is 1. The van der Waals surface area contributed by atoms with E-state index in [1.165, 1.54) is 19.3 Å². The van der Waals surface area contributed by atoms with Crippen LogP contribution in [0.25, 0.3) is 0 Å². The third-order valence-corrected chi connectivity index (χ3v) is 7.07. The minimum absolute atomic E-state index is 0.0845. The van der Waals surface area contributed by atoms with Gasteiger partial charge in [-0.1, -0.05) is 11.6 Å². The number of amides is 2. The second-order valence-corrected chi connectivity index (χ2v) is 9.51. The highest BCUT2D eigenvalue weighted by Gasteiger charge is 2.48. The highest BCUT2D eigenvalue weighted by molar-refractivity contribution is 5.91. The van der Waals surface area contributed by atoms with Gasteiger partial charge in [0.1, 0.15) is 11.9 Å². The van der Waals surface area contributed by atoms with Gasteiger partial charge in [-0.15, -0.1) is 0 Å². The SMILES string of the molecule is Cc1cc(CC(=O)Nc2cc(C3CCC(OC(=O)NC4CC5(CCC5)C4)C3)[nH]n2)on1. The molecule has 2 heterocycles. The largest absolute Gasteiger partial charge is 0.446 e. The average molecular weight is 428 g/mol.